The Morgan fingerprint density at radius 3 is 2.56 bits per heavy atom. The molecular weight excluding hydrogens is 234 g/mol. The van der Waals surface area contributed by atoms with Crippen molar-refractivity contribution in [2.24, 2.45) is 0 Å². The molecule has 1 aliphatic rings. The van der Waals surface area contributed by atoms with E-state index in [9.17, 15) is 9.59 Å². The van der Waals surface area contributed by atoms with E-state index in [4.69, 9.17) is 9.84 Å². The maximum absolute atomic E-state index is 11.8. The molecule has 96 valence electrons. The molecule has 18 heavy (non-hydrogen) atoms. The van der Waals surface area contributed by atoms with Crippen LogP contribution in [0, 0.1) is 0 Å². The van der Waals surface area contributed by atoms with E-state index < -0.39 is 12.1 Å². The molecule has 0 aromatic heterocycles. The van der Waals surface area contributed by atoms with Crippen molar-refractivity contribution in [3.8, 4) is 0 Å². The summed E-state index contributed by atoms with van der Waals surface area (Å²) in [7, 11) is 0. The second-order valence-corrected chi connectivity index (χ2v) is 4.32. The third-order valence-electron chi connectivity index (χ3n) is 3.20. The minimum absolute atomic E-state index is 0.296. The van der Waals surface area contributed by atoms with Crippen molar-refractivity contribution in [2.45, 2.75) is 25.5 Å². The first-order valence-electron chi connectivity index (χ1n) is 5.85. The smallest absolute Gasteiger partial charge is 0.407 e. The fourth-order valence-electron chi connectivity index (χ4n) is 2.12. The van der Waals surface area contributed by atoms with Crippen molar-refractivity contribution in [3.05, 3.63) is 35.9 Å². The monoisotopic (exact) mass is 249 g/mol. The number of carbonyl (C=O) groups is 2. The number of benzene rings is 1. The van der Waals surface area contributed by atoms with Gasteiger partial charge in [0.1, 0.15) is 6.10 Å². The summed E-state index contributed by atoms with van der Waals surface area (Å²) < 4.78 is 5.35. The fraction of sp³-hybridized carbons (Fsp3) is 0.385. The van der Waals surface area contributed by atoms with Gasteiger partial charge in [0.2, 0.25) is 0 Å². The lowest BCUT2D eigenvalue weighted by Crippen LogP contribution is -2.37. The van der Waals surface area contributed by atoms with Gasteiger partial charge in [-0.1, -0.05) is 18.2 Å². The molecule has 5 nitrogen and oxygen atoms in total. The third-order valence-corrected chi connectivity index (χ3v) is 3.20. The van der Waals surface area contributed by atoms with Crippen LogP contribution in [0.4, 0.5) is 4.79 Å². The highest BCUT2D eigenvalue weighted by Crippen LogP contribution is 2.21. The van der Waals surface area contributed by atoms with Gasteiger partial charge in [-0.05, 0) is 19.1 Å². The maximum atomic E-state index is 11.8. The molecule has 1 amide bonds. The largest absolute Gasteiger partial charge is 0.465 e. The summed E-state index contributed by atoms with van der Waals surface area (Å²) >= 11 is 0. The van der Waals surface area contributed by atoms with Crippen LogP contribution in [0.15, 0.2) is 30.3 Å². The van der Waals surface area contributed by atoms with Crippen LogP contribution < -0.4 is 0 Å². The zero-order chi connectivity index (χ0) is 13.1. The topological polar surface area (TPSA) is 66.8 Å². The lowest BCUT2D eigenvalue weighted by atomic mass is 10.2. The Hall–Kier alpha value is -2.04. The van der Waals surface area contributed by atoms with Gasteiger partial charge in [0.05, 0.1) is 11.6 Å². The Morgan fingerprint density at radius 1 is 1.33 bits per heavy atom. The van der Waals surface area contributed by atoms with Crippen molar-refractivity contribution < 1.29 is 19.4 Å². The number of rotatable bonds is 2. The summed E-state index contributed by atoms with van der Waals surface area (Å²) in [5.74, 6) is -0.403. The number of esters is 1. The first-order valence-corrected chi connectivity index (χ1v) is 5.85. The van der Waals surface area contributed by atoms with Gasteiger partial charge >= 0.3 is 12.1 Å². The number of amides is 1. The molecule has 0 unspecified atom stereocenters. The van der Waals surface area contributed by atoms with Crippen molar-refractivity contribution in [3.63, 3.8) is 0 Å². The van der Waals surface area contributed by atoms with Crippen molar-refractivity contribution in [1.29, 1.82) is 0 Å². The number of nitrogens with zero attached hydrogens (tertiary/aromatic N) is 1. The normalized spacial score (nSPS) is 22.8. The van der Waals surface area contributed by atoms with Gasteiger partial charge in [0, 0.05) is 13.0 Å². The van der Waals surface area contributed by atoms with Crippen LogP contribution in [-0.4, -0.2) is 40.8 Å². The molecule has 1 saturated heterocycles. The van der Waals surface area contributed by atoms with E-state index in [-0.39, 0.29) is 12.1 Å². The summed E-state index contributed by atoms with van der Waals surface area (Å²) in [5, 5.41) is 8.94. The Labute approximate surface area is 105 Å². The first-order chi connectivity index (χ1) is 8.59. The average Bonchev–Trinajstić information content (AvgIpc) is 2.72. The van der Waals surface area contributed by atoms with Gasteiger partial charge in [-0.2, -0.15) is 0 Å². The zero-order valence-corrected chi connectivity index (χ0v) is 10.1. The van der Waals surface area contributed by atoms with Gasteiger partial charge in [0.25, 0.3) is 0 Å². The van der Waals surface area contributed by atoms with Crippen LogP contribution >= 0.6 is 0 Å². The van der Waals surface area contributed by atoms with Crippen molar-refractivity contribution >= 4 is 12.1 Å². The number of hydrogen-bond acceptors (Lipinski definition) is 3. The van der Waals surface area contributed by atoms with Gasteiger partial charge in [-0.25, -0.2) is 9.59 Å². The molecule has 1 N–H and O–H groups in total. The Balaban J connectivity index is 1.99. The minimum Gasteiger partial charge on any atom is -0.465 e. The molecule has 2 rings (SSSR count). The van der Waals surface area contributed by atoms with E-state index in [1.165, 1.54) is 4.90 Å². The van der Waals surface area contributed by atoms with E-state index in [1.54, 1.807) is 31.2 Å². The molecule has 2 atom stereocenters. The Kier molecular flexibility index (Phi) is 3.50. The minimum atomic E-state index is -0.972. The SMILES string of the molecule is C[C@H]1[C@H](OC(=O)c2ccccc2)CCN1C(=O)O. The first kappa shape index (κ1) is 12.4. The summed E-state index contributed by atoms with van der Waals surface area (Å²) in [6.07, 6.45) is -0.791. The van der Waals surface area contributed by atoms with Gasteiger partial charge in [-0.15, -0.1) is 0 Å². The number of carboxylic acid groups (broad SMARTS) is 1. The molecule has 0 spiro atoms. The van der Waals surface area contributed by atoms with Crippen LogP contribution in [0.2, 0.25) is 0 Å². The maximum Gasteiger partial charge on any atom is 0.407 e. The van der Waals surface area contributed by atoms with Crippen molar-refractivity contribution in [2.75, 3.05) is 6.54 Å². The quantitative estimate of drug-likeness (QED) is 0.814. The molecule has 1 heterocycles. The highest BCUT2D eigenvalue weighted by Gasteiger charge is 2.36. The molecule has 1 aliphatic heterocycles. The van der Waals surface area contributed by atoms with E-state index in [0.717, 1.165) is 0 Å². The number of hydrogen-bond donors (Lipinski definition) is 1. The second-order valence-electron chi connectivity index (χ2n) is 4.32. The molecule has 1 aromatic carbocycles. The fourth-order valence-corrected chi connectivity index (χ4v) is 2.12. The predicted octanol–water partition coefficient (Wildman–Crippen LogP) is 1.98. The van der Waals surface area contributed by atoms with Crippen molar-refractivity contribution in [1.82, 2.24) is 4.90 Å². The van der Waals surface area contributed by atoms with E-state index in [1.807, 2.05) is 6.07 Å². The number of likely N-dealkylation sites (tertiary alicyclic amines) is 1. The summed E-state index contributed by atoms with van der Waals surface area (Å²) in [4.78, 5) is 24.0. The second kappa shape index (κ2) is 5.08. The Morgan fingerprint density at radius 2 is 2.00 bits per heavy atom. The van der Waals surface area contributed by atoms with Crippen LogP contribution in [0.5, 0.6) is 0 Å². The average molecular weight is 249 g/mol. The Bertz CT molecular complexity index is 446. The molecule has 1 aromatic rings. The van der Waals surface area contributed by atoms with Crippen LogP contribution in [-0.2, 0) is 4.74 Å². The summed E-state index contributed by atoms with van der Waals surface area (Å²) in [5.41, 5.74) is 0.485. The van der Waals surface area contributed by atoms with Crippen LogP contribution in [0.25, 0.3) is 0 Å². The zero-order valence-electron chi connectivity index (χ0n) is 10.1. The van der Waals surface area contributed by atoms with E-state index in [0.29, 0.717) is 18.5 Å². The van der Waals surface area contributed by atoms with Crippen LogP contribution in [0.1, 0.15) is 23.7 Å². The predicted molar refractivity (Wildman–Crippen MR) is 64.5 cm³/mol. The third kappa shape index (κ3) is 2.45. The highest BCUT2D eigenvalue weighted by atomic mass is 16.5. The van der Waals surface area contributed by atoms with Gasteiger partial charge in [-0.3, -0.25) is 0 Å². The van der Waals surface area contributed by atoms with Gasteiger partial charge in [0.15, 0.2) is 0 Å². The van der Waals surface area contributed by atoms with E-state index in [2.05, 4.69) is 0 Å². The molecule has 0 aliphatic carbocycles. The lowest BCUT2D eigenvalue weighted by molar-refractivity contribution is 0.0229. The number of ether oxygens (including phenoxy) is 1. The summed E-state index contributed by atoms with van der Waals surface area (Å²) in [6, 6.07) is 8.40. The lowest BCUT2D eigenvalue weighted by Gasteiger charge is -2.21. The summed E-state index contributed by atoms with van der Waals surface area (Å²) in [6.45, 7) is 2.16. The standard InChI is InChI=1S/C13H15NO4/c1-9-11(7-8-14(9)13(16)17)18-12(15)10-5-3-2-4-6-10/h2-6,9,11H,7-8H2,1H3,(H,16,17)/t9-,11+/m0/s1. The molecular formula is C13H15NO4. The van der Waals surface area contributed by atoms with E-state index >= 15 is 0 Å². The van der Waals surface area contributed by atoms with Gasteiger partial charge < -0.3 is 14.7 Å². The molecule has 0 radical (unpaired) electrons. The van der Waals surface area contributed by atoms with Crippen LogP contribution in [0.3, 0.4) is 0 Å². The number of carbonyl (C=O) groups excluding carboxylic acids is 1. The molecule has 5 heteroatoms. The highest BCUT2D eigenvalue weighted by molar-refractivity contribution is 5.89. The molecule has 1 fully saturated rings. The molecule has 0 saturated carbocycles. The molecule has 0 bridgehead atoms.